The lowest BCUT2D eigenvalue weighted by Gasteiger charge is -2.18. The van der Waals surface area contributed by atoms with Crippen molar-refractivity contribution in [2.24, 2.45) is 0 Å². The van der Waals surface area contributed by atoms with Crippen LogP contribution in [0.4, 0.5) is 0 Å². The first kappa shape index (κ1) is 18.4. The number of esters is 2. The Labute approximate surface area is 146 Å². The number of carbonyl (C=O) groups is 2. The lowest BCUT2D eigenvalue weighted by Crippen LogP contribution is -2.26. The third-order valence-electron chi connectivity index (χ3n) is 3.38. The zero-order chi connectivity index (χ0) is 18.2. The summed E-state index contributed by atoms with van der Waals surface area (Å²) in [6.45, 7) is 5.58. The van der Waals surface area contributed by atoms with Gasteiger partial charge in [-0.15, -0.1) is 0 Å². The van der Waals surface area contributed by atoms with E-state index in [-0.39, 0.29) is 13.2 Å². The average Bonchev–Trinajstić information content (AvgIpc) is 2.58. The highest BCUT2D eigenvalue weighted by Gasteiger charge is 2.34. The van der Waals surface area contributed by atoms with Crippen LogP contribution in [0.5, 0.6) is 11.6 Å². The number of aromatic nitrogens is 1. The highest BCUT2D eigenvalue weighted by Crippen LogP contribution is 2.32. The van der Waals surface area contributed by atoms with Gasteiger partial charge in [0.25, 0.3) is 0 Å². The Morgan fingerprint density at radius 1 is 1.04 bits per heavy atom. The number of nitrogens with zero attached hydrogens (tertiary/aromatic N) is 1. The second-order valence-electron chi connectivity index (χ2n) is 5.25. The van der Waals surface area contributed by atoms with Crippen LogP contribution in [0.25, 0.3) is 0 Å². The van der Waals surface area contributed by atoms with E-state index in [1.807, 2.05) is 6.92 Å². The van der Waals surface area contributed by atoms with Crippen molar-refractivity contribution in [3.8, 4) is 11.6 Å². The molecule has 0 saturated heterocycles. The van der Waals surface area contributed by atoms with Crippen LogP contribution in [0.15, 0.2) is 42.6 Å². The Hall–Kier alpha value is -2.89. The van der Waals surface area contributed by atoms with Gasteiger partial charge in [-0.05, 0) is 38.5 Å². The Bertz CT molecular complexity index is 712. The molecule has 1 heterocycles. The van der Waals surface area contributed by atoms with Crippen molar-refractivity contribution < 1.29 is 23.8 Å². The van der Waals surface area contributed by atoms with Crippen molar-refractivity contribution in [3.63, 3.8) is 0 Å². The van der Waals surface area contributed by atoms with E-state index in [0.717, 1.165) is 5.56 Å². The molecule has 0 amide bonds. The van der Waals surface area contributed by atoms with E-state index in [2.05, 4.69) is 4.98 Å². The van der Waals surface area contributed by atoms with Gasteiger partial charge >= 0.3 is 11.9 Å². The molecule has 0 saturated carbocycles. The molecule has 0 fully saturated rings. The number of rotatable bonds is 7. The summed E-state index contributed by atoms with van der Waals surface area (Å²) in [5.41, 5.74) is 1.30. The van der Waals surface area contributed by atoms with Gasteiger partial charge in [-0.25, -0.2) is 4.98 Å². The third kappa shape index (κ3) is 4.79. The molecule has 0 radical (unpaired) electrons. The standard InChI is InChI=1S/C19H21NO5/c1-4-23-18(21)17(19(22)24-5-2)14-10-9-13(3)12-15(14)25-16-8-6-7-11-20-16/h6-12,17H,4-5H2,1-3H3. The maximum Gasteiger partial charge on any atom is 0.325 e. The van der Waals surface area contributed by atoms with Gasteiger partial charge in [-0.2, -0.15) is 0 Å². The van der Waals surface area contributed by atoms with Crippen LogP contribution in [0.1, 0.15) is 30.9 Å². The lowest BCUT2D eigenvalue weighted by molar-refractivity contribution is -0.157. The number of aryl methyl sites for hydroxylation is 1. The second-order valence-corrected chi connectivity index (χ2v) is 5.25. The molecule has 2 rings (SSSR count). The lowest BCUT2D eigenvalue weighted by atomic mass is 9.97. The largest absolute Gasteiger partial charge is 0.465 e. The number of ether oxygens (including phenoxy) is 3. The number of hydrogen-bond donors (Lipinski definition) is 0. The molecule has 0 bridgehead atoms. The van der Waals surface area contributed by atoms with Gasteiger partial charge < -0.3 is 14.2 Å². The molecule has 0 aliphatic carbocycles. The number of benzene rings is 1. The average molecular weight is 343 g/mol. The highest BCUT2D eigenvalue weighted by atomic mass is 16.6. The SMILES string of the molecule is CCOC(=O)C(C(=O)OCC)c1ccc(C)cc1Oc1ccccn1. The van der Waals surface area contributed by atoms with Crippen molar-refractivity contribution >= 4 is 11.9 Å². The van der Waals surface area contributed by atoms with Gasteiger partial charge in [0, 0.05) is 17.8 Å². The summed E-state index contributed by atoms with van der Waals surface area (Å²) in [5, 5.41) is 0. The second kappa shape index (κ2) is 8.82. The minimum Gasteiger partial charge on any atom is -0.465 e. The number of carbonyl (C=O) groups excluding carboxylic acids is 2. The molecule has 2 aromatic rings. The molecule has 0 aliphatic rings. The van der Waals surface area contributed by atoms with Crippen LogP contribution < -0.4 is 4.74 Å². The Balaban J connectivity index is 2.45. The Kier molecular flexibility index (Phi) is 6.51. The maximum atomic E-state index is 12.4. The van der Waals surface area contributed by atoms with E-state index in [9.17, 15) is 9.59 Å². The van der Waals surface area contributed by atoms with Gasteiger partial charge in [0.05, 0.1) is 13.2 Å². The molecular formula is C19H21NO5. The normalized spacial score (nSPS) is 10.4. The first-order chi connectivity index (χ1) is 12.1. The summed E-state index contributed by atoms with van der Waals surface area (Å²) in [6.07, 6.45) is 1.60. The molecule has 0 aliphatic heterocycles. The number of hydrogen-bond acceptors (Lipinski definition) is 6. The predicted octanol–water partition coefficient (Wildman–Crippen LogP) is 3.39. The Morgan fingerprint density at radius 2 is 1.72 bits per heavy atom. The zero-order valence-electron chi connectivity index (χ0n) is 14.5. The van der Waals surface area contributed by atoms with Crippen LogP contribution in [-0.2, 0) is 19.1 Å². The van der Waals surface area contributed by atoms with Gasteiger partial charge in [0.2, 0.25) is 5.88 Å². The first-order valence-electron chi connectivity index (χ1n) is 8.09. The fourth-order valence-corrected chi connectivity index (χ4v) is 2.29. The van der Waals surface area contributed by atoms with Crippen molar-refractivity contribution in [3.05, 3.63) is 53.7 Å². The molecule has 1 aromatic heterocycles. The van der Waals surface area contributed by atoms with Crippen LogP contribution in [-0.4, -0.2) is 30.1 Å². The predicted molar refractivity (Wildman–Crippen MR) is 91.5 cm³/mol. The van der Waals surface area contributed by atoms with Gasteiger partial charge in [0.15, 0.2) is 5.92 Å². The molecular weight excluding hydrogens is 322 g/mol. The molecule has 6 nitrogen and oxygen atoms in total. The van der Waals surface area contributed by atoms with E-state index in [4.69, 9.17) is 14.2 Å². The maximum absolute atomic E-state index is 12.4. The van der Waals surface area contributed by atoms with Crippen molar-refractivity contribution in [1.29, 1.82) is 0 Å². The fraction of sp³-hybridized carbons (Fsp3) is 0.316. The summed E-state index contributed by atoms with van der Waals surface area (Å²) in [6, 6.07) is 10.5. The van der Waals surface area contributed by atoms with Crippen LogP contribution in [0, 0.1) is 6.92 Å². The van der Waals surface area contributed by atoms with E-state index in [0.29, 0.717) is 17.2 Å². The molecule has 0 atom stereocenters. The summed E-state index contributed by atoms with van der Waals surface area (Å²) in [4.78, 5) is 28.8. The molecule has 1 aromatic carbocycles. The molecule has 0 N–H and O–H groups in total. The summed E-state index contributed by atoms with van der Waals surface area (Å²) in [5.74, 6) is -1.82. The first-order valence-corrected chi connectivity index (χ1v) is 8.09. The minimum absolute atomic E-state index is 0.164. The Morgan fingerprint density at radius 3 is 2.28 bits per heavy atom. The van der Waals surface area contributed by atoms with Gasteiger partial charge in [-0.3, -0.25) is 9.59 Å². The van der Waals surface area contributed by atoms with Crippen LogP contribution in [0.3, 0.4) is 0 Å². The minimum atomic E-state index is -1.21. The fourth-order valence-electron chi connectivity index (χ4n) is 2.29. The molecule has 0 spiro atoms. The summed E-state index contributed by atoms with van der Waals surface area (Å²) < 4.78 is 15.9. The molecule has 0 unspecified atom stereocenters. The van der Waals surface area contributed by atoms with E-state index < -0.39 is 17.9 Å². The smallest absolute Gasteiger partial charge is 0.325 e. The highest BCUT2D eigenvalue weighted by molar-refractivity contribution is 6.01. The quantitative estimate of drug-likeness (QED) is 0.567. The van der Waals surface area contributed by atoms with Gasteiger partial charge in [0.1, 0.15) is 5.75 Å². The van der Waals surface area contributed by atoms with Gasteiger partial charge in [-0.1, -0.05) is 18.2 Å². The third-order valence-corrected chi connectivity index (χ3v) is 3.38. The molecule has 6 heteroatoms. The van der Waals surface area contributed by atoms with Crippen molar-refractivity contribution in [2.45, 2.75) is 26.7 Å². The zero-order valence-corrected chi connectivity index (χ0v) is 14.5. The van der Waals surface area contributed by atoms with Crippen LogP contribution >= 0.6 is 0 Å². The summed E-state index contributed by atoms with van der Waals surface area (Å²) in [7, 11) is 0. The number of pyridine rings is 1. The molecule has 25 heavy (non-hydrogen) atoms. The van der Waals surface area contributed by atoms with E-state index >= 15 is 0 Å². The van der Waals surface area contributed by atoms with E-state index in [1.54, 1.807) is 56.4 Å². The van der Waals surface area contributed by atoms with E-state index in [1.165, 1.54) is 0 Å². The van der Waals surface area contributed by atoms with Crippen molar-refractivity contribution in [2.75, 3.05) is 13.2 Å². The van der Waals surface area contributed by atoms with Crippen LogP contribution in [0.2, 0.25) is 0 Å². The summed E-state index contributed by atoms with van der Waals surface area (Å²) >= 11 is 0. The topological polar surface area (TPSA) is 74.7 Å². The monoisotopic (exact) mass is 343 g/mol. The van der Waals surface area contributed by atoms with Crippen molar-refractivity contribution in [1.82, 2.24) is 4.98 Å². The molecule has 132 valence electrons.